The fourth-order valence-corrected chi connectivity index (χ4v) is 4.76. The van der Waals surface area contributed by atoms with E-state index in [1.54, 1.807) is 24.3 Å². The summed E-state index contributed by atoms with van der Waals surface area (Å²) in [5, 5.41) is 36.0. The summed E-state index contributed by atoms with van der Waals surface area (Å²) in [5.74, 6) is -0.935. The fraction of sp³-hybridized carbons (Fsp3) is 0.440. The Hall–Kier alpha value is -3.07. The van der Waals surface area contributed by atoms with Crippen molar-refractivity contribution in [2.24, 2.45) is 0 Å². The molecule has 2 amide bonds. The van der Waals surface area contributed by atoms with Crippen LogP contribution in [0.2, 0.25) is 0 Å². The van der Waals surface area contributed by atoms with Gasteiger partial charge in [0, 0.05) is 6.92 Å². The minimum Gasteiger partial charge on any atom is -0.497 e. The number of rotatable bonds is 12. The van der Waals surface area contributed by atoms with Crippen molar-refractivity contribution < 1.29 is 53.2 Å². The molecule has 0 aliphatic carbocycles. The van der Waals surface area contributed by atoms with Gasteiger partial charge in [-0.2, -0.15) is 0 Å². The van der Waals surface area contributed by atoms with E-state index < -0.39 is 62.9 Å². The molecule has 15 heteroatoms. The van der Waals surface area contributed by atoms with Crippen LogP contribution < -0.4 is 20.2 Å². The molecular weight excluding hydrogens is 549 g/mol. The summed E-state index contributed by atoms with van der Waals surface area (Å²) in [5.41, 5.74) is 1.28. The molecule has 3 rings (SSSR count). The number of carbonyl (C=O) groups is 2. The largest absolute Gasteiger partial charge is 0.497 e. The summed E-state index contributed by atoms with van der Waals surface area (Å²) < 4.78 is 27.9. The third kappa shape index (κ3) is 8.46. The van der Waals surface area contributed by atoms with Gasteiger partial charge >= 0.3 is 7.75 Å². The van der Waals surface area contributed by atoms with Gasteiger partial charge in [0.05, 0.1) is 26.0 Å². The van der Waals surface area contributed by atoms with Crippen LogP contribution in [0.4, 0.5) is 5.69 Å². The number of methoxy groups -OCH3 is 1. The Bertz CT molecular complexity index is 1170. The number of aliphatic hydroxyl groups excluding tert-OH is 3. The number of hydrogen-bond acceptors (Lipinski definition) is 11. The summed E-state index contributed by atoms with van der Waals surface area (Å²) in [7, 11) is -3.31. The van der Waals surface area contributed by atoms with Crippen LogP contribution in [0.3, 0.4) is 0 Å². The van der Waals surface area contributed by atoms with E-state index in [9.17, 15) is 34.4 Å². The lowest BCUT2D eigenvalue weighted by Gasteiger charge is -2.40. The van der Waals surface area contributed by atoms with E-state index in [0.717, 1.165) is 12.5 Å². The molecule has 40 heavy (non-hydrogen) atoms. The van der Waals surface area contributed by atoms with Gasteiger partial charge in [0.2, 0.25) is 5.91 Å². The Morgan fingerprint density at radius 3 is 2.33 bits per heavy atom. The number of aliphatic hydroxyl groups is 3. The first-order chi connectivity index (χ1) is 18.9. The molecule has 1 saturated heterocycles. The highest BCUT2D eigenvalue weighted by Crippen LogP contribution is 2.38. The van der Waals surface area contributed by atoms with Crippen molar-refractivity contribution in [2.45, 2.75) is 57.1 Å². The molecule has 0 spiro atoms. The van der Waals surface area contributed by atoms with Crippen LogP contribution >= 0.6 is 7.75 Å². The molecule has 0 aromatic heterocycles. The number of nitrogens with zero attached hydrogens (tertiary/aromatic N) is 1. The zero-order valence-electron chi connectivity index (χ0n) is 22.1. The van der Waals surface area contributed by atoms with E-state index in [4.69, 9.17) is 18.8 Å². The van der Waals surface area contributed by atoms with E-state index in [1.807, 2.05) is 35.4 Å². The van der Waals surface area contributed by atoms with Gasteiger partial charge in [-0.15, -0.1) is 0 Å². The number of nitrogens with one attached hydrogen (secondary N) is 2. The second-order valence-corrected chi connectivity index (χ2v) is 10.5. The molecule has 14 nitrogen and oxygen atoms in total. The van der Waals surface area contributed by atoms with Gasteiger partial charge in [-0.3, -0.25) is 24.0 Å². The van der Waals surface area contributed by atoms with Gasteiger partial charge in [0.1, 0.15) is 36.1 Å². The molecule has 2 aromatic rings. The fourth-order valence-electron chi connectivity index (χ4n) is 3.88. The van der Waals surface area contributed by atoms with Gasteiger partial charge in [0.15, 0.2) is 6.29 Å². The van der Waals surface area contributed by atoms with E-state index in [2.05, 4.69) is 5.32 Å². The molecule has 2 aromatic carbocycles. The second-order valence-electron chi connectivity index (χ2n) is 9.02. The van der Waals surface area contributed by atoms with Crippen LogP contribution in [0, 0.1) is 0 Å². The van der Waals surface area contributed by atoms with Gasteiger partial charge in [-0.05, 0) is 36.8 Å². The van der Waals surface area contributed by atoms with Crippen molar-refractivity contribution in [1.82, 2.24) is 10.4 Å². The maximum Gasteiger partial charge on any atom is 0.432 e. The van der Waals surface area contributed by atoms with Gasteiger partial charge in [-0.1, -0.05) is 30.3 Å². The third-order valence-electron chi connectivity index (χ3n) is 6.03. The molecule has 1 heterocycles. The van der Waals surface area contributed by atoms with Crippen LogP contribution in [-0.2, 0) is 34.9 Å². The Balaban J connectivity index is 1.65. The Morgan fingerprint density at radius 2 is 1.73 bits per heavy atom. The lowest BCUT2D eigenvalue weighted by Crippen LogP contribution is -2.64. The van der Waals surface area contributed by atoms with Gasteiger partial charge in [0.25, 0.3) is 5.91 Å². The molecule has 1 fully saturated rings. The summed E-state index contributed by atoms with van der Waals surface area (Å²) in [6, 6.07) is 13.3. The lowest BCUT2D eigenvalue weighted by atomic mass is 9.97. The zero-order valence-corrected chi connectivity index (χ0v) is 23.0. The number of hydroxylamine groups is 1. The first-order valence-electron chi connectivity index (χ1n) is 12.3. The standard InChI is InChI=1S/C25H34N3O11P/c1-15(28(18-9-11-19(36-3)12-10-18)37-13-17-7-5-4-6-8-17)24(32)27-40(34,35)38-14-20-22(30)23(31)21(25(33)39-20)26-16(2)29/h4-12,15,20-23,25,30-31,33H,13-14H2,1-3H3,(H,26,29)(H2,27,32,34,35)/t15-,20+,21+,22+,23+,25?/m0/s1. The first-order valence-corrected chi connectivity index (χ1v) is 13.9. The Kier molecular flexibility index (Phi) is 11.0. The molecule has 6 N–H and O–H groups in total. The molecule has 2 unspecified atom stereocenters. The number of anilines is 1. The predicted octanol–water partition coefficient (Wildman–Crippen LogP) is 0.199. The molecule has 1 aliphatic rings. The quantitative estimate of drug-likeness (QED) is 0.147. The molecule has 1 aliphatic heterocycles. The maximum absolute atomic E-state index is 13.0. The Labute approximate surface area is 231 Å². The minimum absolute atomic E-state index is 0.0960. The van der Waals surface area contributed by atoms with Crippen LogP contribution in [0.25, 0.3) is 0 Å². The predicted molar refractivity (Wildman–Crippen MR) is 141 cm³/mol. The zero-order chi connectivity index (χ0) is 29.4. The van der Waals surface area contributed by atoms with Gasteiger partial charge < -0.3 is 35.0 Å². The SMILES string of the molecule is COc1ccc(N(OCc2ccccc2)[C@@H](C)C(=O)NP(=O)(O)OC[C@H]2OC(O)[C@H](NC(C)=O)[C@@H](O)[C@@H]2O)cc1. The van der Waals surface area contributed by atoms with Crippen molar-refractivity contribution in [3.05, 3.63) is 60.2 Å². The summed E-state index contributed by atoms with van der Waals surface area (Å²) in [6.45, 7) is 1.92. The lowest BCUT2D eigenvalue weighted by molar-refractivity contribution is -0.252. The normalized spacial score (nSPS) is 24.8. The number of carbonyl (C=O) groups excluding carboxylic acids is 2. The third-order valence-corrected chi connectivity index (χ3v) is 7.03. The highest BCUT2D eigenvalue weighted by molar-refractivity contribution is 7.51. The molecular formula is C25H34N3O11P. The molecule has 0 saturated carbocycles. The number of ether oxygens (including phenoxy) is 2. The second kappa shape index (κ2) is 14.0. The van der Waals surface area contributed by atoms with Gasteiger partial charge in [-0.25, -0.2) is 9.63 Å². The highest BCUT2D eigenvalue weighted by atomic mass is 31.2. The molecule has 220 valence electrons. The molecule has 0 bridgehead atoms. The average molecular weight is 584 g/mol. The van der Waals surface area contributed by atoms with Crippen molar-refractivity contribution in [2.75, 3.05) is 18.8 Å². The number of amides is 2. The molecule has 0 radical (unpaired) electrons. The minimum atomic E-state index is -4.82. The average Bonchev–Trinajstić information content (AvgIpc) is 2.92. The van der Waals surface area contributed by atoms with Crippen molar-refractivity contribution >= 4 is 25.2 Å². The maximum atomic E-state index is 13.0. The highest BCUT2D eigenvalue weighted by Gasteiger charge is 2.45. The monoisotopic (exact) mass is 583 g/mol. The number of hydrogen-bond donors (Lipinski definition) is 6. The van der Waals surface area contributed by atoms with Crippen LogP contribution in [0.15, 0.2) is 54.6 Å². The van der Waals surface area contributed by atoms with Crippen LogP contribution in [-0.4, -0.2) is 82.4 Å². The van der Waals surface area contributed by atoms with Crippen molar-refractivity contribution in [3.8, 4) is 5.75 Å². The summed E-state index contributed by atoms with van der Waals surface area (Å²) in [4.78, 5) is 40.5. The van der Waals surface area contributed by atoms with E-state index in [1.165, 1.54) is 19.1 Å². The van der Waals surface area contributed by atoms with E-state index in [0.29, 0.717) is 11.4 Å². The van der Waals surface area contributed by atoms with Crippen LogP contribution in [0.5, 0.6) is 5.75 Å². The van der Waals surface area contributed by atoms with Crippen molar-refractivity contribution in [1.29, 1.82) is 0 Å². The Morgan fingerprint density at radius 1 is 1.07 bits per heavy atom. The molecule has 7 atom stereocenters. The smallest absolute Gasteiger partial charge is 0.432 e. The number of benzene rings is 2. The summed E-state index contributed by atoms with van der Waals surface area (Å²) >= 11 is 0. The van der Waals surface area contributed by atoms with E-state index in [-0.39, 0.29) is 6.61 Å². The van der Waals surface area contributed by atoms with Crippen LogP contribution in [0.1, 0.15) is 19.4 Å². The van der Waals surface area contributed by atoms with Crippen molar-refractivity contribution in [3.63, 3.8) is 0 Å². The summed E-state index contributed by atoms with van der Waals surface area (Å²) in [6.07, 6.45) is -6.53. The first kappa shape index (κ1) is 31.5. The topological polar surface area (TPSA) is 196 Å². The van der Waals surface area contributed by atoms with E-state index >= 15 is 0 Å².